The third kappa shape index (κ3) is 3.67. The molecule has 0 saturated carbocycles. The molecule has 0 unspecified atom stereocenters. The molecule has 0 heterocycles. The first-order valence-electron chi connectivity index (χ1n) is 4.91. The van der Waals surface area contributed by atoms with Crippen molar-refractivity contribution in [3.8, 4) is 0 Å². The zero-order valence-corrected chi connectivity index (χ0v) is 8.50. The number of amides is 1. The maximum absolute atomic E-state index is 12.3. The van der Waals surface area contributed by atoms with E-state index in [0.29, 0.717) is 24.2 Å². The van der Waals surface area contributed by atoms with Crippen LogP contribution in [0.25, 0.3) is 0 Å². The van der Waals surface area contributed by atoms with Crippen molar-refractivity contribution in [2.45, 2.75) is 13.1 Å². The molecule has 0 radical (unpaired) electrons. The van der Waals surface area contributed by atoms with Crippen molar-refractivity contribution in [3.05, 3.63) is 35.4 Å². The van der Waals surface area contributed by atoms with Crippen molar-refractivity contribution < 1.29 is 9.18 Å². The predicted octanol–water partition coefficient (Wildman–Crippen LogP) is 1.23. The summed E-state index contributed by atoms with van der Waals surface area (Å²) in [6.07, 6.45) is 0.745. The molecule has 0 bridgehead atoms. The van der Waals surface area contributed by atoms with E-state index in [1.54, 1.807) is 24.3 Å². The van der Waals surface area contributed by atoms with Gasteiger partial charge in [0.2, 0.25) is 0 Å². The molecule has 0 aliphatic rings. The van der Waals surface area contributed by atoms with Crippen molar-refractivity contribution in [2.24, 2.45) is 5.73 Å². The molecule has 0 saturated heterocycles. The summed E-state index contributed by atoms with van der Waals surface area (Å²) in [4.78, 5) is 11.5. The number of alkyl halides is 1. The Morgan fingerprint density at radius 1 is 1.47 bits per heavy atom. The van der Waals surface area contributed by atoms with Crippen LogP contribution >= 0.6 is 0 Å². The van der Waals surface area contributed by atoms with Crippen LogP contribution in [0.5, 0.6) is 0 Å². The molecule has 1 aromatic carbocycles. The van der Waals surface area contributed by atoms with Crippen LogP contribution in [0.4, 0.5) is 4.39 Å². The van der Waals surface area contributed by atoms with Gasteiger partial charge in [0.05, 0.1) is 0 Å². The summed E-state index contributed by atoms with van der Waals surface area (Å²) in [5.74, 6) is -0.182. The summed E-state index contributed by atoms with van der Waals surface area (Å²) in [6, 6.07) is 6.54. The highest BCUT2D eigenvalue weighted by molar-refractivity contribution is 5.94. The van der Waals surface area contributed by atoms with Gasteiger partial charge in [0.1, 0.15) is 6.67 Å². The first-order valence-corrected chi connectivity index (χ1v) is 4.91. The van der Waals surface area contributed by atoms with Crippen molar-refractivity contribution in [1.29, 1.82) is 0 Å². The molecule has 0 spiro atoms. The first-order chi connectivity index (χ1) is 7.27. The van der Waals surface area contributed by atoms with Gasteiger partial charge < -0.3 is 11.1 Å². The Labute approximate surface area is 88.5 Å². The molecular formula is C11H15FN2O. The Hall–Kier alpha value is -1.42. The fourth-order valence-corrected chi connectivity index (χ4v) is 1.20. The van der Waals surface area contributed by atoms with Crippen LogP contribution in [0, 0.1) is 0 Å². The molecule has 3 nitrogen and oxygen atoms in total. The normalized spacial score (nSPS) is 10.0. The van der Waals surface area contributed by atoms with Gasteiger partial charge in [-0.15, -0.1) is 0 Å². The fourth-order valence-electron chi connectivity index (χ4n) is 1.20. The van der Waals surface area contributed by atoms with Gasteiger partial charge in [-0.3, -0.25) is 4.79 Å². The minimum absolute atomic E-state index is 0.182. The van der Waals surface area contributed by atoms with Crippen molar-refractivity contribution >= 4 is 5.91 Å². The summed E-state index contributed by atoms with van der Waals surface area (Å²) in [6.45, 7) is 0.546. The number of hydrogen-bond acceptors (Lipinski definition) is 2. The average molecular weight is 210 g/mol. The standard InChI is InChI=1S/C11H15FN2O/c12-8-9-3-1-4-10(7-9)11(15)14-6-2-5-13/h1,3-4,7H,2,5-6,8,13H2,(H,14,15). The zero-order valence-electron chi connectivity index (χ0n) is 8.50. The topological polar surface area (TPSA) is 55.1 Å². The third-order valence-corrected chi connectivity index (χ3v) is 2.01. The minimum Gasteiger partial charge on any atom is -0.352 e. The second-order valence-corrected chi connectivity index (χ2v) is 3.23. The number of nitrogens with two attached hydrogens (primary N) is 1. The van der Waals surface area contributed by atoms with E-state index >= 15 is 0 Å². The lowest BCUT2D eigenvalue weighted by Gasteiger charge is -2.04. The molecule has 0 atom stereocenters. The van der Waals surface area contributed by atoms with E-state index in [1.165, 1.54) is 0 Å². The van der Waals surface area contributed by atoms with Gasteiger partial charge in [-0.05, 0) is 30.7 Å². The molecule has 0 aliphatic carbocycles. The summed E-state index contributed by atoms with van der Waals surface area (Å²) < 4.78 is 12.3. The zero-order chi connectivity index (χ0) is 11.1. The number of benzene rings is 1. The van der Waals surface area contributed by atoms with Crippen LogP contribution in [0.2, 0.25) is 0 Å². The molecule has 0 fully saturated rings. The van der Waals surface area contributed by atoms with Crippen molar-refractivity contribution in [2.75, 3.05) is 13.1 Å². The number of hydrogen-bond donors (Lipinski definition) is 2. The van der Waals surface area contributed by atoms with Crippen LogP contribution in [0.3, 0.4) is 0 Å². The van der Waals surface area contributed by atoms with Gasteiger partial charge >= 0.3 is 0 Å². The van der Waals surface area contributed by atoms with Crippen molar-refractivity contribution in [3.63, 3.8) is 0 Å². The molecule has 0 aromatic heterocycles. The molecule has 4 heteroatoms. The number of carbonyl (C=O) groups is 1. The van der Waals surface area contributed by atoms with E-state index in [9.17, 15) is 9.18 Å². The molecule has 1 aromatic rings. The minimum atomic E-state index is -0.552. The van der Waals surface area contributed by atoms with E-state index in [1.807, 2.05) is 0 Å². The largest absolute Gasteiger partial charge is 0.352 e. The lowest BCUT2D eigenvalue weighted by Crippen LogP contribution is -2.25. The van der Waals surface area contributed by atoms with Gasteiger partial charge in [0.25, 0.3) is 5.91 Å². The number of rotatable bonds is 5. The van der Waals surface area contributed by atoms with E-state index in [2.05, 4.69) is 5.32 Å². The van der Waals surface area contributed by atoms with E-state index in [4.69, 9.17) is 5.73 Å². The Bertz CT molecular complexity index is 328. The van der Waals surface area contributed by atoms with E-state index in [-0.39, 0.29) is 5.91 Å². The highest BCUT2D eigenvalue weighted by Crippen LogP contribution is 2.06. The Morgan fingerprint density at radius 3 is 2.93 bits per heavy atom. The second kappa shape index (κ2) is 6.14. The maximum atomic E-state index is 12.3. The molecule has 0 aliphatic heterocycles. The summed E-state index contributed by atoms with van der Waals surface area (Å²) >= 11 is 0. The molecular weight excluding hydrogens is 195 g/mol. The van der Waals surface area contributed by atoms with Crippen LogP contribution < -0.4 is 11.1 Å². The molecule has 3 N–H and O–H groups in total. The van der Waals surface area contributed by atoms with Crippen LogP contribution in [-0.2, 0) is 6.67 Å². The molecule has 1 rings (SSSR count). The molecule has 15 heavy (non-hydrogen) atoms. The quantitative estimate of drug-likeness (QED) is 0.718. The van der Waals surface area contributed by atoms with Gasteiger partial charge in [0, 0.05) is 12.1 Å². The fraction of sp³-hybridized carbons (Fsp3) is 0.364. The van der Waals surface area contributed by atoms with Crippen molar-refractivity contribution in [1.82, 2.24) is 5.32 Å². The van der Waals surface area contributed by atoms with E-state index < -0.39 is 6.67 Å². The summed E-state index contributed by atoms with van der Waals surface area (Å²) in [7, 11) is 0. The number of halogens is 1. The van der Waals surface area contributed by atoms with Crippen LogP contribution in [0.1, 0.15) is 22.3 Å². The Kier molecular flexibility index (Phi) is 4.77. The summed E-state index contributed by atoms with van der Waals surface area (Å²) in [5, 5.41) is 2.71. The lowest BCUT2D eigenvalue weighted by atomic mass is 10.1. The Balaban J connectivity index is 2.57. The van der Waals surface area contributed by atoms with Crippen LogP contribution in [0.15, 0.2) is 24.3 Å². The molecule has 1 amide bonds. The number of carbonyl (C=O) groups excluding carboxylic acids is 1. The SMILES string of the molecule is NCCCNC(=O)c1cccc(CF)c1. The highest BCUT2D eigenvalue weighted by Gasteiger charge is 2.04. The smallest absolute Gasteiger partial charge is 0.251 e. The maximum Gasteiger partial charge on any atom is 0.251 e. The highest BCUT2D eigenvalue weighted by atomic mass is 19.1. The number of nitrogens with one attached hydrogen (secondary N) is 1. The monoisotopic (exact) mass is 210 g/mol. The second-order valence-electron chi connectivity index (χ2n) is 3.23. The van der Waals surface area contributed by atoms with Gasteiger partial charge in [-0.1, -0.05) is 12.1 Å². The van der Waals surface area contributed by atoms with Gasteiger partial charge in [0.15, 0.2) is 0 Å². The van der Waals surface area contributed by atoms with Gasteiger partial charge in [-0.2, -0.15) is 0 Å². The molecule has 82 valence electrons. The first kappa shape index (κ1) is 11.7. The average Bonchev–Trinajstić information content (AvgIpc) is 2.29. The predicted molar refractivity (Wildman–Crippen MR) is 57.3 cm³/mol. The van der Waals surface area contributed by atoms with E-state index in [0.717, 1.165) is 6.42 Å². The van der Waals surface area contributed by atoms with Crippen LogP contribution in [-0.4, -0.2) is 19.0 Å². The Morgan fingerprint density at radius 2 is 2.27 bits per heavy atom. The van der Waals surface area contributed by atoms with Gasteiger partial charge in [-0.25, -0.2) is 4.39 Å². The summed E-state index contributed by atoms with van der Waals surface area (Å²) in [5.41, 5.74) is 6.30. The third-order valence-electron chi connectivity index (χ3n) is 2.01. The lowest BCUT2D eigenvalue weighted by molar-refractivity contribution is 0.0953.